The van der Waals surface area contributed by atoms with E-state index in [4.69, 9.17) is 9.26 Å². The maximum Gasteiger partial charge on any atom is 0.230 e. The van der Waals surface area contributed by atoms with Crippen LogP contribution in [0.1, 0.15) is 25.6 Å². The molecule has 19 heavy (non-hydrogen) atoms. The quantitative estimate of drug-likeness (QED) is 0.828. The first-order chi connectivity index (χ1) is 9.24. The third-order valence-electron chi connectivity index (χ3n) is 2.51. The molecule has 0 aliphatic heterocycles. The largest absolute Gasteiger partial charge is 0.493 e. The van der Waals surface area contributed by atoms with Crippen LogP contribution in [0.25, 0.3) is 0 Å². The topological polar surface area (TPSA) is 60.2 Å². The maximum atomic E-state index is 5.57. The minimum atomic E-state index is 0.406. The molecule has 0 bridgehead atoms. The number of ether oxygens (including phenoxy) is 1. The van der Waals surface area contributed by atoms with E-state index < -0.39 is 0 Å². The van der Waals surface area contributed by atoms with Crippen LogP contribution in [0.5, 0.6) is 5.75 Å². The van der Waals surface area contributed by atoms with Gasteiger partial charge >= 0.3 is 0 Å². The van der Waals surface area contributed by atoms with E-state index in [1.807, 2.05) is 30.3 Å². The van der Waals surface area contributed by atoms with Gasteiger partial charge in [-0.1, -0.05) is 37.2 Å². The molecule has 0 spiro atoms. The first-order valence-electron chi connectivity index (χ1n) is 6.47. The predicted molar refractivity (Wildman–Crippen MR) is 71.9 cm³/mol. The van der Waals surface area contributed by atoms with Crippen molar-refractivity contribution in [2.24, 2.45) is 0 Å². The lowest BCUT2D eigenvalue weighted by Crippen LogP contribution is -2.22. The smallest absolute Gasteiger partial charge is 0.230 e. The van der Waals surface area contributed by atoms with Gasteiger partial charge in [0.1, 0.15) is 5.75 Å². The van der Waals surface area contributed by atoms with Crippen molar-refractivity contribution in [3.63, 3.8) is 0 Å². The molecule has 0 atom stereocenters. The zero-order chi connectivity index (χ0) is 13.5. The summed E-state index contributed by atoms with van der Waals surface area (Å²) in [5.41, 5.74) is 0. The Morgan fingerprint density at radius 1 is 1.26 bits per heavy atom. The van der Waals surface area contributed by atoms with Gasteiger partial charge in [-0.2, -0.15) is 4.98 Å². The van der Waals surface area contributed by atoms with Crippen molar-refractivity contribution < 1.29 is 9.26 Å². The van der Waals surface area contributed by atoms with Crippen molar-refractivity contribution in [3.8, 4) is 5.75 Å². The average Bonchev–Trinajstić information content (AvgIpc) is 2.86. The molecule has 0 unspecified atom stereocenters. The Labute approximate surface area is 113 Å². The van der Waals surface area contributed by atoms with Crippen molar-refractivity contribution in [2.45, 2.75) is 32.9 Å². The van der Waals surface area contributed by atoms with Crippen LogP contribution in [0.15, 0.2) is 34.9 Å². The fourth-order valence-corrected chi connectivity index (χ4v) is 1.53. The zero-order valence-corrected chi connectivity index (χ0v) is 11.3. The molecule has 2 aromatic rings. The van der Waals surface area contributed by atoms with Crippen LogP contribution < -0.4 is 10.1 Å². The molecule has 2 rings (SSSR count). The Morgan fingerprint density at radius 2 is 2.05 bits per heavy atom. The van der Waals surface area contributed by atoms with Crippen LogP contribution in [0.3, 0.4) is 0 Å². The van der Waals surface area contributed by atoms with Crippen LogP contribution in [0.2, 0.25) is 0 Å². The molecule has 0 saturated carbocycles. The number of hydrogen-bond acceptors (Lipinski definition) is 5. The van der Waals surface area contributed by atoms with E-state index in [-0.39, 0.29) is 0 Å². The van der Waals surface area contributed by atoms with E-state index in [1.165, 1.54) is 0 Å². The molecule has 1 aromatic carbocycles. The van der Waals surface area contributed by atoms with Crippen molar-refractivity contribution in [3.05, 3.63) is 42.0 Å². The summed E-state index contributed by atoms with van der Waals surface area (Å²) >= 11 is 0. The number of nitrogens with zero attached hydrogens (tertiary/aromatic N) is 2. The number of benzene rings is 1. The summed E-state index contributed by atoms with van der Waals surface area (Å²) in [6.07, 6.45) is 0.615. The summed E-state index contributed by atoms with van der Waals surface area (Å²) in [4.78, 5) is 4.29. The minimum Gasteiger partial charge on any atom is -0.493 e. The molecule has 0 aliphatic rings. The van der Waals surface area contributed by atoms with Gasteiger partial charge in [-0.3, -0.25) is 0 Å². The second kappa shape index (κ2) is 6.89. The van der Waals surface area contributed by atoms with Crippen molar-refractivity contribution in [2.75, 3.05) is 6.61 Å². The lowest BCUT2D eigenvalue weighted by Gasteiger charge is -2.03. The van der Waals surface area contributed by atoms with Gasteiger partial charge in [0.25, 0.3) is 0 Å². The molecule has 1 heterocycles. The monoisotopic (exact) mass is 261 g/mol. The van der Waals surface area contributed by atoms with E-state index in [1.54, 1.807) is 0 Å². The van der Waals surface area contributed by atoms with Crippen molar-refractivity contribution >= 4 is 0 Å². The van der Waals surface area contributed by atoms with Gasteiger partial charge in [0.2, 0.25) is 5.89 Å². The highest BCUT2D eigenvalue weighted by Gasteiger charge is 2.06. The van der Waals surface area contributed by atoms with Crippen molar-refractivity contribution in [1.29, 1.82) is 0 Å². The molecule has 102 valence electrons. The van der Waals surface area contributed by atoms with E-state index in [0.717, 1.165) is 5.75 Å². The molecular weight excluding hydrogens is 242 g/mol. The molecule has 5 nitrogen and oxygen atoms in total. The Bertz CT molecular complexity index is 482. The summed E-state index contributed by atoms with van der Waals surface area (Å²) in [6.45, 7) is 5.31. The molecule has 1 aromatic heterocycles. The lowest BCUT2D eigenvalue weighted by atomic mass is 10.3. The normalized spacial score (nSPS) is 10.9. The van der Waals surface area contributed by atoms with Gasteiger partial charge in [0, 0.05) is 6.04 Å². The summed E-state index contributed by atoms with van der Waals surface area (Å²) < 4.78 is 10.7. The number of aromatic nitrogens is 2. The zero-order valence-electron chi connectivity index (χ0n) is 11.3. The van der Waals surface area contributed by atoms with Crippen LogP contribution in [-0.2, 0) is 13.0 Å². The first kappa shape index (κ1) is 13.5. The van der Waals surface area contributed by atoms with Crippen molar-refractivity contribution in [1.82, 2.24) is 15.5 Å². The Morgan fingerprint density at radius 3 is 2.79 bits per heavy atom. The van der Waals surface area contributed by atoms with Gasteiger partial charge in [0.15, 0.2) is 5.82 Å². The average molecular weight is 261 g/mol. The highest BCUT2D eigenvalue weighted by molar-refractivity contribution is 5.20. The summed E-state index contributed by atoms with van der Waals surface area (Å²) in [7, 11) is 0. The number of para-hydroxylation sites is 1. The van der Waals surface area contributed by atoms with Gasteiger partial charge in [0.05, 0.1) is 19.6 Å². The SMILES string of the molecule is CC(C)NCc1noc(CCOc2ccccc2)n1. The Hall–Kier alpha value is -1.88. The molecule has 0 aliphatic carbocycles. The fraction of sp³-hybridized carbons (Fsp3) is 0.429. The van der Waals surface area contributed by atoms with Crippen LogP contribution in [0, 0.1) is 0 Å². The van der Waals surface area contributed by atoms with Gasteiger partial charge in [-0.05, 0) is 12.1 Å². The van der Waals surface area contributed by atoms with Crippen LogP contribution in [-0.4, -0.2) is 22.8 Å². The van der Waals surface area contributed by atoms with Gasteiger partial charge in [-0.15, -0.1) is 0 Å². The fourth-order valence-electron chi connectivity index (χ4n) is 1.53. The minimum absolute atomic E-state index is 0.406. The number of hydrogen-bond donors (Lipinski definition) is 1. The number of nitrogens with one attached hydrogen (secondary N) is 1. The van der Waals surface area contributed by atoms with E-state index in [0.29, 0.717) is 37.3 Å². The molecule has 1 N–H and O–H groups in total. The third-order valence-corrected chi connectivity index (χ3v) is 2.51. The first-order valence-corrected chi connectivity index (χ1v) is 6.47. The lowest BCUT2D eigenvalue weighted by molar-refractivity contribution is 0.291. The molecular formula is C14H19N3O2. The second-order valence-electron chi connectivity index (χ2n) is 4.55. The van der Waals surface area contributed by atoms with Gasteiger partial charge in [-0.25, -0.2) is 0 Å². The molecule has 0 amide bonds. The molecule has 5 heteroatoms. The van der Waals surface area contributed by atoms with Crippen LogP contribution >= 0.6 is 0 Å². The molecule has 0 radical (unpaired) electrons. The summed E-state index contributed by atoms with van der Waals surface area (Å²) in [5, 5.41) is 7.15. The highest BCUT2D eigenvalue weighted by atomic mass is 16.5. The Kier molecular flexibility index (Phi) is 4.92. The summed E-state index contributed by atoms with van der Waals surface area (Å²) in [6, 6.07) is 10.1. The maximum absolute atomic E-state index is 5.57. The Balaban J connectivity index is 1.74. The second-order valence-corrected chi connectivity index (χ2v) is 4.55. The standard InChI is InChI=1S/C14H19N3O2/c1-11(2)15-10-13-16-14(19-17-13)8-9-18-12-6-4-3-5-7-12/h3-7,11,15H,8-10H2,1-2H3. The number of rotatable bonds is 7. The summed E-state index contributed by atoms with van der Waals surface area (Å²) in [5.74, 6) is 2.14. The van der Waals surface area contributed by atoms with E-state index in [2.05, 4.69) is 29.3 Å². The third kappa shape index (κ3) is 4.71. The van der Waals surface area contributed by atoms with E-state index in [9.17, 15) is 0 Å². The van der Waals surface area contributed by atoms with Crippen LogP contribution in [0.4, 0.5) is 0 Å². The molecule has 0 fully saturated rings. The predicted octanol–water partition coefficient (Wildman–Crippen LogP) is 2.19. The molecule has 0 saturated heterocycles. The highest BCUT2D eigenvalue weighted by Crippen LogP contribution is 2.09. The van der Waals surface area contributed by atoms with Gasteiger partial charge < -0.3 is 14.6 Å². The van der Waals surface area contributed by atoms with E-state index >= 15 is 0 Å².